The summed E-state index contributed by atoms with van der Waals surface area (Å²) in [6, 6.07) is 5.97. The number of amides is 1. The highest BCUT2D eigenvalue weighted by molar-refractivity contribution is 14.1. The minimum atomic E-state index is -0.0139. The third-order valence-corrected chi connectivity index (χ3v) is 4.53. The van der Waals surface area contributed by atoms with Crippen molar-refractivity contribution in [2.24, 2.45) is 5.92 Å². The summed E-state index contributed by atoms with van der Waals surface area (Å²) >= 11 is 9.06. The summed E-state index contributed by atoms with van der Waals surface area (Å²) in [6.45, 7) is 4.24. The van der Waals surface area contributed by atoms with Crippen molar-refractivity contribution in [2.75, 3.05) is 5.33 Å². The van der Waals surface area contributed by atoms with E-state index in [1.54, 1.807) is 0 Å². The molecule has 0 aliphatic heterocycles. The van der Waals surface area contributed by atoms with Crippen LogP contribution >= 0.6 is 54.5 Å². The highest BCUT2D eigenvalue weighted by Crippen LogP contribution is 2.20. The fourth-order valence-corrected chi connectivity index (χ4v) is 3.02. The van der Waals surface area contributed by atoms with Crippen LogP contribution in [0.2, 0.25) is 0 Å². The van der Waals surface area contributed by atoms with Crippen molar-refractivity contribution in [3.8, 4) is 0 Å². The quantitative estimate of drug-likeness (QED) is 0.476. The van der Waals surface area contributed by atoms with Gasteiger partial charge in [-0.25, -0.2) is 0 Å². The largest absolute Gasteiger partial charge is 0.349 e. The zero-order valence-electron chi connectivity index (χ0n) is 10.3. The van der Waals surface area contributed by atoms with Crippen LogP contribution in [0.25, 0.3) is 0 Å². The van der Waals surface area contributed by atoms with E-state index in [1.165, 1.54) is 0 Å². The molecule has 0 aliphatic rings. The Balaban J connectivity index is 2.83. The van der Waals surface area contributed by atoms with Crippen molar-refractivity contribution >= 4 is 60.4 Å². The molecule has 18 heavy (non-hydrogen) atoms. The Morgan fingerprint density at radius 3 is 2.67 bits per heavy atom. The van der Waals surface area contributed by atoms with E-state index in [1.807, 2.05) is 18.2 Å². The number of hydrogen-bond acceptors (Lipinski definition) is 1. The second-order valence-corrected chi connectivity index (χ2v) is 7.32. The normalized spacial score (nSPS) is 12.6. The van der Waals surface area contributed by atoms with Crippen molar-refractivity contribution in [3.63, 3.8) is 0 Å². The van der Waals surface area contributed by atoms with Crippen molar-refractivity contribution in [1.82, 2.24) is 5.32 Å². The van der Waals surface area contributed by atoms with E-state index in [-0.39, 0.29) is 11.9 Å². The van der Waals surface area contributed by atoms with Crippen LogP contribution in [0.3, 0.4) is 0 Å². The van der Waals surface area contributed by atoms with E-state index in [0.717, 1.165) is 19.8 Å². The summed E-state index contributed by atoms with van der Waals surface area (Å²) in [5, 5.41) is 3.99. The van der Waals surface area contributed by atoms with E-state index in [4.69, 9.17) is 0 Å². The first kappa shape index (κ1) is 16.4. The molecule has 100 valence electrons. The Labute approximate surface area is 139 Å². The van der Waals surface area contributed by atoms with Gasteiger partial charge in [-0.3, -0.25) is 4.79 Å². The lowest BCUT2D eigenvalue weighted by molar-refractivity contribution is 0.0924. The summed E-state index contributed by atoms with van der Waals surface area (Å²) in [5.41, 5.74) is 0.696. The first-order valence-corrected chi connectivity index (χ1v) is 8.77. The van der Waals surface area contributed by atoms with Crippen LogP contribution in [-0.2, 0) is 0 Å². The van der Waals surface area contributed by atoms with Gasteiger partial charge in [-0.05, 0) is 69.1 Å². The van der Waals surface area contributed by atoms with Crippen molar-refractivity contribution in [2.45, 2.75) is 26.3 Å². The first-order valence-electron chi connectivity index (χ1n) is 5.77. The van der Waals surface area contributed by atoms with E-state index < -0.39 is 0 Å². The SMILES string of the molecule is CC(C)C(CCBr)NC(=O)c1cc(I)ccc1Br. The lowest BCUT2D eigenvalue weighted by Gasteiger charge is -2.22. The van der Waals surface area contributed by atoms with Crippen LogP contribution in [0, 0.1) is 9.49 Å². The number of benzene rings is 1. The number of halogens is 3. The average Bonchev–Trinajstić information content (AvgIpc) is 2.31. The number of nitrogens with one attached hydrogen (secondary N) is 1. The highest BCUT2D eigenvalue weighted by Gasteiger charge is 2.18. The van der Waals surface area contributed by atoms with E-state index >= 15 is 0 Å². The molecule has 1 unspecified atom stereocenters. The number of carbonyl (C=O) groups excluding carboxylic acids is 1. The van der Waals surface area contributed by atoms with Gasteiger partial charge in [-0.15, -0.1) is 0 Å². The number of rotatable bonds is 5. The standard InChI is InChI=1S/C13H16Br2INO/c1-8(2)12(5-6-14)17-13(18)10-7-9(16)3-4-11(10)15/h3-4,7-8,12H,5-6H2,1-2H3,(H,17,18). The topological polar surface area (TPSA) is 29.1 Å². The molecule has 1 aromatic carbocycles. The zero-order valence-corrected chi connectivity index (χ0v) is 15.7. The molecule has 0 radical (unpaired) electrons. The molecule has 0 saturated heterocycles. The van der Waals surface area contributed by atoms with Crippen LogP contribution in [0.5, 0.6) is 0 Å². The van der Waals surface area contributed by atoms with Crippen LogP contribution in [0.1, 0.15) is 30.6 Å². The molecule has 1 amide bonds. The molecular weight excluding hydrogens is 473 g/mol. The van der Waals surface area contributed by atoms with Gasteiger partial charge in [0.05, 0.1) is 5.56 Å². The van der Waals surface area contributed by atoms with Gasteiger partial charge in [-0.1, -0.05) is 29.8 Å². The molecule has 0 saturated carbocycles. The molecule has 0 heterocycles. The monoisotopic (exact) mass is 487 g/mol. The summed E-state index contributed by atoms with van der Waals surface area (Å²) in [6.07, 6.45) is 0.935. The second-order valence-electron chi connectivity index (χ2n) is 4.43. The molecule has 0 bridgehead atoms. The van der Waals surface area contributed by atoms with Gasteiger partial charge in [0, 0.05) is 19.4 Å². The Hall–Kier alpha value is 0.380. The van der Waals surface area contributed by atoms with Crippen LogP contribution < -0.4 is 5.32 Å². The highest BCUT2D eigenvalue weighted by atomic mass is 127. The first-order chi connectivity index (χ1) is 8.45. The van der Waals surface area contributed by atoms with E-state index in [2.05, 4.69) is 73.6 Å². The second kappa shape index (κ2) is 7.85. The Morgan fingerprint density at radius 1 is 1.44 bits per heavy atom. The molecule has 1 N–H and O–H groups in total. The van der Waals surface area contributed by atoms with E-state index in [0.29, 0.717) is 11.5 Å². The summed E-state index contributed by atoms with van der Waals surface area (Å²) < 4.78 is 1.89. The van der Waals surface area contributed by atoms with Crippen molar-refractivity contribution in [3.05, 3.63) is 31.8 Å². The van der Waals surface area contributed by atoms with Crippen molar-refractivity contribution < 1.29 is 4.79 Å². The molecule has 0 aromatic heterocycles. The maximum atomic E-state index is 12.2. The van der Waals surface area contributed by atoms with Crippen LogP contribution in [0.15, 0.2) is 22.7 Å². The minimum absolute atomic E-state index is 0.0139. The number of alkyl halides is 1. The van der Waals surface area contributed by atoms with Gasteiger partial charge in [0.15, 0.2) is 0 Å². The zero-order chi connectivity index (χ0) is 13.7. The molecule has 1 aromatic rings. The maximum Gasteiger partial charge on any atom is 0.252 e. The van der Waals surface area contributed by atoms with Crippen LogP contribution in [-0.4, -0.2) is 17.3 Å². The molecule has 0 aliphatic carbocycles. The third kappa shape index (κ3) is 4.81. The van der Waals surface area contributed by atoms with Gasteiger partial charge in [0.1, 0.15) is 0 Å². The molecule has 0 spiro atoms. The molecular formula is C13H16Br2INO. The maximum absolute atomic E-state index is 12.2. The summed E-state index contributed by atoms with van der Waals surface area (Å²) in [5.74, 6) is 0.410. The average molecular weight is 489 g/mol. The predicted molar refractivity (Wildman–Crippen MR) is 91.4 cm³/mol. The Bertz CT molecular complexity index is 423. The smallest absolute Gasteiger partial charge is 0.252 e. The molecule has 5 heteroatoms. The summed E-state index contributed by atoms with van der Waals surface area (Å²) in [7, 11) is 0. The predicted octanol–water partition coefficient (Wildman–Crippen LogP) is 4.59. The van der Waals surface area contributed by atoms with Gasteiger partial charge < -0.3 is 5.32 Å². The van der Waals surface area contributed by atoms with Gasteiger partial charge >= 0.3 is 0 Å². The lowest BCUT2D eigenvalue weighted by Crippen LogP contribution is -2.39. The Kier molecular flexibility index (Phi) is 7.16. The van der Waals surface area contributed by atoms with Gasteiger partial charge in [0.2, 0.25) is 0 Å². The molecule has 0 fully saturated rings. The van der Waals surface area contributed by atoms with Gasteiger partial charge in [-0.2, -0.15) is 0 Å². The fraction of sp³-hybridized carbons (Fsp3) is 0.462. The number of hydrogen-bond donors (Lipinski definition) is 1. The summed E-state index contributed by atoms with van der Waals surface area (Å²) in [4.78, 5) is 12.2. The Morgan fingerprint density at radius 2 is 2.11 bits per heavy atom. The van der Waals surface area contributed by atoms with Crippen LogP contribution in [0.4, 0.5) is 0 Å². The fourth-order valence-electron chi connectivity index (χ4n) is 1.61. The number of carbonyl (C=O) groups is 1. The van der Waals surface area contributed by atoms with Crippen molar-refractivity contribution in [1.29, 1.82) is 0 Å². The molecule has 1 rings (SSSR count). The molecule has 2 nitrogen and oxygen atoms in total. The molecule has 1 atom stereocenters. The third-order valence-electron chi connectivity index (χ3n) is 2.71. The lowest BCUT2D eigenvalue weighted by atomic mass is 10.0. The van der Waals surface area contributed by atoms with E-state index in [9.17, 15) is 4.79 Å². The van der Waals surface area contributed by atoms with Gasteiger partial charge in [0.25, 0.3) is 5.91 Å². The minimum Gasteiger partial charge on any atom is -0.349 e.